The van der Waals surface area contributed by atoms with Crippen LogP contribution in [0, 0.1) is 9.39 Å². The number of nitrogens with one attached hydrogen (secondary N) is 2. The molecule has 0 aliphatic carbocycles. The van der Waals surface area contributed by atoms with Crippen molar-refractivity contribution in [2.24, 2.45) is 0 Å². The number of anilines is 1. The Morgan fingerprint density at radius 2 is 2.00 bits per heavy atom. The molecule has 0 aliphatic heterocycles. The topological polar surface area (TPSA) is 41.1 Å². The fourth-order valence-electron chi connectivity index (χ4n) is 1.07. The molecule has 100 valence electrons. The van der Waals surface area contributed by atoms with Crippen molar-refractivity contribution in [1.29, 1.82) is 0 Å². The van der Waals surface area contributed by atoms with E-state index in [9.17, 15) is 22.4 Å². The molecule has 0 atom stereocenters. The molecular formula is C10H9F4IN2O. The Morgan fingerprint density at radius 1 is 1.33 bits per heavy atom. The van der Waals surface area contributed by atoms with Crippen LogP contribution in [0.15, 0.2) is 18.2 Å². The molecule has 8 heteroatoms. The van der Waals surface area contributed by atoms with E-state index in [1.165, 1.54) is 18.2 Å². The van der Waals surface area contributed by atoms with Gasteiger partial charge in [-0.05, 0) is 40.8 Å². The van der Waals surface area contributed by atoms with E-state index < -0.39 is 24.4 Å². The number of amides is 1. The third-order valence-corrected chi connectivity index (χ3v) is 2.75. The summed E-state index contributed by atoms with van der Waals surface area (Å²) in [4.78, 5) is 11.1. The molecule has 0 aromatic heterocycles. The van der Waals surface area contributed by atoms with Gasteiger partial charge in [0.1, 0.15) is 12.4 Å². The van der Waals surface area contributed by atoms with Crippen molar-refractivity contribution >= 4 is 34.2 Å². The molecule has 1 aromatic carbocycles. The first-order chi connectivity index (χ1) is 8.28. The van der Waals surface area contributed by atoms with E-state index >= 15 is 0 Å². The number of halogens is 5. The quantitative estimate of drug-likeness (QED) is 0.627. The number of carbonyl (C=O) groups is 1. The first-order valence-electron chi connectivity index (χ1n) is 4.80. The van der Waals surface area contributed by atoms with Gasteiger partial charge < -0.3 is 10.6 Å². The second-order valence-electron chi connectivity index (χ2n) is 3.37. The maximum absolute atomic E-state index is 12.8. The van der Waals surface area contributed by atoms with Gasteiger partial charge in [-0.2, -0.15) is 13.2 Å². The van der Waals surface area contributed by atoms with E-state index in [4.69, 9.17) is 0 Å². The van der Waals surface area contributed by atoms with Gasteiger partial charge in [-0.25, -0.2) is 4.39 Å². The summed E-state index contributed by atoms with van der Waals surface area (Å²) in [6, 6.07) is 3.85. The van der Waals surface area contributed by atoms with E-state index in [0.29, 0.717) is 9.26 Å². The van der Waals surface area contributed by atoms with E-state index in [1.807, 2.05) is 22.6 Å². The number of alkyl halides is 3. The summed E-state index contributed by atoms with van der Waals surface area (Å²) in [5.74, 6) is -1.21. The predicted molar refractivity (Wildman–Crippen MR) is 66.7 cm³/mol. The van der Waals surface area contributed by atoms with Crippen molar-refractivity contribution in [3.8, 4) is 0 Å². The third-order valence-electron chi connectivity index (χ3n) is 1.86. The molecule has 0 aliphatic rings. The Morgan fingerprint density at radius 3 is 2.56 bits per heavy atom. The number of rotatable bonds is 4. The molecule has 0 saturated carbocycles. The molecule has 0 spiro atoms. The smallest absolute Gasteiger partial charge is 0.375 e. The van der Waals surface area contributed by atoms with Crippen molar-refractivity contribution < 1.29 is 22.4 Å². The lowest BCUT2D eigenvalue weighted by atomic mass is 10.3. The highest BCUT2D eigenvalue weighted by Crippen LogP contribution is 2.18. The van der Waals surface area contributed by atoms with Crippen LogP contribution in [-0.2, 0) is 4.79 Å². The lowest BCUT2D eigenvalue weighted by molar-refractivity contribution is -0.137. The first-order valence-corrected chi connectivity index (χ1v) is 5.88. The zero-order valence-corrected chi connectivity index (χ0v) is 11.1. The largest absolute Gasteiger partial charge is 0.405 e. The third kappa shape index (κ3) is 5.52. The second kappa shape index (κ2) is 6.21. The SMILES string of the molecule is O=C(CNc1ccc(F)cc1I)NCC(F)(F)F. The number of benzene rings is 1. The minimum absolute atomic E-state index is 0.308. The summed E-state index contributed by atoms with van der Waals surface area (Å²) >= 11 is 1.85. The summed E-state index contributed by atoms with van der Waals surface area (Å²) in [5, 5.41) is 4.34. The lowest BCUT2D eigenvalue weighted by Crippen LogP contribution is -2.37. The summed E-state index contributed by atoms with van der Waals surface area (Å²) in [7, 11) is 0. The van der Waals surface area contributed by atoms with Crippen LogP contribution in [0.3, 0.4) is 0 Å². The van der Waals surface area contributed by atoms with Gasteiger partial charge in [0, 0.05) is 9.26 Å². The summed E-state index contributed by atoms with van der Waals surface area (Å²) in [6.07, 6.45) is -4.43. The fraction of sp³-hybridized carbons (Fsp3) is 0.300. The Bertz CT molecular complexity index is 436. The lowest BCUT2D eigenvalue weighted by Gasteiger charge is -2.10. The average molecular weight is 376 g/mol. The van der Waals surface area contributed by atoms with Crippen LogP contribution in [0.25, 0.3) is 0 Å². The molecule has 1 rings (SSSR count). The summed E-state index contributed by atoms with van der Waals surface area (Å²) in [5.41, 5.74) is 0.485. The Labute approximate surface area is 114 Å². The molecule has 18 heavy (non-hydrogen) atoms. The Hall–Kier alpha value is -1.06. The van der Waals surface area contributed by atoms with Crippen molar-refractivity contribution in [3.63, 3.8) is 0 Å². The molecular weight excluding hydrogens is 367 g/mol. The predicted octanol–water partition coefficient (Wildman–Crippen LogP) is 2.52. The van der Waals surface area contributed by atoms with Gasteiger partial charge in [0.25, 0.3) is 0 Å². The van der Waals surface area contributed by atoms with Crippen LogP contribution >= 0.6 is 22.6 Å². The Balaban J connectivity index is 2.43. The molecule has 1 aromatic rings. The van der Waals surface area contributed by atoms with Crippen LogP contribution in [-0.4, -0.2) is 25.2 Å². The highest BCUT2D eigenvalue weighted by atomic mass is 127. The molecule has 0 radical (unpaired) electrons. The van der Waals surface area contributed by atoms with Crippen LogP contribution in [0.1, 0.15) is 0 Å². The van der Waals surface area contributed by atoms with Crippen LogP contribution in [0.2, 0.25) is 0 Å². The number of hydrogen-bond donors (Lipinski definition) is 2. The van der Waals surface area contributed by atoms with Gasteiger partial charge in [-0.1, -0.05) is 0 Å². The molecule has 0 unspecified atom stereocenters. The molecule has 3 nitrogen and oxygen atoms in total. The zero-order chi connectivity index (χ0) is 13.8. The van der Waals surface area contributed by atoms with Gasteiger partial charge in [-0.3, -0.25) is 4.79 Å². The molecule has 2 N–H and O–H groups in total. The monoisotopic (exact) mass is 376 g/mol. The van der Waals surface area contributed by atoms with E-state index in [2.05, 4.69) is 5.32 Å². The van der Waals surface area contributed by atoms with Gasteiger partial charge in [0.2, 0.25) is 5.91 Å². The van der Waals surface area contributed by atoms with E-state index in [-0.39, 0.29) is 6.54 Å². The van der Waals surface area contributed by atoms with Crippen LogP contribution in [0.4, 0.5) is 23.2 Å². The number of hydrogen-bond acceptors (Lipinski definition) is 2. The van der Waals surface area contributed by atoms with Gasteiger partial charge >= 0.3 is 6.18 Å². The highest BCUT2D eigenvalue weighted by molar-refractivity contribution is 14.1. The standard InChI is InChI=1S/C10H9F4IN2O/c11-6-1-2-8(7(15)3-6)16-4-9(18)17-5-10(12,13)14/h1-3,16H,4-5H2,(H,17,18). The fourth-order valence-corrected chi connectivity index (χ4v) is 1.74. The molecule has 0 saturated heterocycles. The van der Waals surface area contributed by atoms with Gasteiger partial charge in [-0.15, -0.1) is 0 Å². The first kappa shape index (κ1) is 15.0. The highest BCUT2D eigenvalue weighted by Gasteiger charge is 2.27. The van der Waals surface area contributed by atoms with E-state index in [1.54, 1.807) is 5.32 Å². The molecule has 1 amide bonds. The van der Waals surface area contributed by atoms with Gasteiger partial charge in [0.15, 0.2) is 0 Å². The van der Waals surface area contributed by atoms with Crippen molar-refractivity contribution in [3.05, 3.63) is 27.6 Å². The van der Waals surface area contributed by atoms with E-state index in [0.717, 1.165) is 0 Å². The molecule has 0 heterocycles. The normalized spacial score (nSPS) is 11.2. The van der Waals surface area contributed by atoms with Crippen LogP contribution in [0.5, 0.6) is 0 Å². The minimum Gasteiger partial charge on any atom is -0.375 e. The van der Waals surface area contributed by atoms with Crippen LogP contribution < -0.4 is 10.6 Å². The van der Waals surface area contributed by atoms with Crippen molar-refractivity contribution in [2.75, 3.05) is 18.4 Å². The summed E-state index contributed by atoms with van der Waals surface area (Å²) in [6.45, 7) is -1.67. The Kier molecular flexibility index (Phi) is 5.17. The average Bonchev–Trinajstić information content (AvgIpc) is 2.24. The summed E-state index contributed by atoms with van der Waals surface area (Å²) < 4.78 is 48.7. The maximum atomic E-state index is 12.8. The van der Waals surface area contributed by atoms with Crippen molar-refractivity contribution in [1.82, 2.24) is 5.32 Å². The molecule has 0 fully saturated rings. The maximum Gasteiger partial charge on any atom is 0.405 e. The van der Waals surface area contributed by atoms with Crippen molar-refractivity contribution in [2.45, 2.75) is 6.18 Å². The zero-order valence-electron chi connectivity index (χ0n) is 8.94. The minimum atomic E-state index is -4.43. The molecule has 0 bridgehead atoms. The van der Waals surface area contributed by atoms with Gasteiger partial charge in [0.05, 0.1) is 6.54 Å². The second-order valence-corrected chi connectivity index (χ2v) is 4.53. The number of carbonyl (C=O) groups excluding carboxylic acids is 1.